The molecule has 3 nitrogen and oxygen atoms in total. The molecule has 0 aliphatic carbocycles. The van der Waals surface area contributed by atoms with Crippen LogP contribution in [0.15, 0.2) is 36.5 Å². The largest absolute Gasteiger partial charge is 0.369 e. The van der Waals surface area contributed by atoms with Gasteiger partial charge in [-0.15, -0.1) is 0 Å². The molecule has 0 bridgehead atoms. The molecular weight excluding hydrogens is 188 g/mol. The zero-order valence-corrected chi connectivity index (χ0v) is 8.73. The Morgan fingerprint density at radius 2 is 2.00 bits per heavy atom. The molecule has 2 aromatic rings. The average Bonchev–Trinajstić information content (AvgIpc) is 2.66. The van der Waals surface area contributed by atoms with Crippen molar-refractivity contribution in [3.8, 4) is 0 Å². The Balaban J connectivity index is 1.80. The number of imidazole rings is 1. The van der Waals surface area contributed by atoms with Gasteiger partial charge in [-0.2, -0.15) is 0 Å². The van der Waals surface area contributed by atoms with Gasteiger partial charge in [-0.25, -0.2) is 4.98 Å². The second-order valence-corrected chi connectivity index (χ2v) is 3.47. The van der Waals surface area contributed by atoms with Crippen LogP contribution in [-0.4, -0.2) is 9.97 Å². The summed E-state index contributed by atoms with van der Waals surface area (Å²) in [6, 6.07) is 10.1. The van der Waals surface area contributed by atoms with Crippen LogP contribution in [0.5, 0.6) is 0 Å². The fourth-order valence-electron chi connectivity index (χ4n) is 1.38. The molecular formula is C12H14N2O. The van der Waals surface area contributed by atoms with Crippen LogP contribution in [-0.2, 0) is 18.0 Å². The number of hydrogen-bond donors (Lipinski definition) is 1. The topological polar surface area (TPSA) is 37.9 Å². The molecule has 2 rings (SSSR count). The van der Waals surface area contributed by atoms with Crippen molar-refractivity contribution in [2.75, 3.05) is 0 Å². The van der Waals surface area contributed by atoms with Gasteiger partial charge in [-0.1, -0.05) is 30.3 Å². The van der Waals surface area contributed by atoms with E-state index in [0.29, 0.717) is 13.2 Å². The zero-order chi connectivity index (χ0) is 10.5. The van der Waals surface area contributed by atoms with E-state index in [1.165, 1.54) is 5.56 Å². The molecule has 1 aromatic carbocycles. The summed E-state index contributed by atoms with van der Waals surface area (Å²) >= 11 is 0. The molecule has 0 saturated heterocycles. The normalized spacial score (nSPS) is 10.5. The molecule has 0 radical (unpaired) electrons. The first-order valence-corrected chi connectivity index (χ1v) is 4.97. The number of aromatic nitrogens is 2. The van der Waals surface area contributed by atoms with E-state index < -0.39 is 0 Å². The van der Waals surface area contributed by atoms with Crippen molar-refractivity contribution in [2.24, 2.45) is 0 Å². The standard InChI is InChI=1S/C12H14N2O/c1-10-7-13-12(14-10)9-15-8-11-5-3-2-4-6-11/h2-7H,8-9H2,1H3,(H,13,14). The van der Waals surface area contributed by atoms with Gasteiger partial charge in [0.1, 0.15) is 12.4 Å². The monoisotopic (exact) mass is 202 g/mol. The smallest absolute Gasteiger partial charge is 0.132 e. The lowest BCUT2D eigenvalue weighted by Crippen LogP contribution is -1.95. The van der Waals surface area contributed by atoms with E-state index in [2.05, 4.69) is 9.97 Å². The lowest BCUT2D eigenvalue weighted by Gasteiger charge is -2.01. The van der Waals surface area contributed by atoms with E-state index in [1.807, 2.05) is 43.5 Å². The zero-order valence-electron chi connectivity index (χ0n) is 8.73. The second-order valence-electron chi connectivity index (χ2n) is 3.47. The van der Waals surface area contributed by atoms with E-state index in [-0.39, 0.29) is 0 Å². The first-order chi connectivity index (χ1) is 7.34. The first kappa shape index (κ1) is 9.93. The summed E-state index contributed by atoms with van der Waals surface area (Å²) in [4.78, 5) is 7.32. The van der Waals surface area contributed by atoms with Gasteiger partial charge in [0.2, 0.25) is 0 Å². The van der Waals surface area contributed by atoms with Crippen LogP contribution in [0.25, 0.3) is 0 Å². The minimum atomic E-state index is 0.530. The Morgan fingerprint density at radius 1 is 1.20 bits per heavy atom. The molecule has 0 spiro atoms. The minimum absolute atomic E-state index is 0.530. The van der Waals surface area contributed by atoms with Gasteiger partial charge >= 0.3 is 0 Å². The molecule has 1 N–H and O–H groups in total. The lowest BCUT2D eigenvalue weighted by molar-refractivity contribution is 0.102. The summed E-state index contributed by atoms with van der Waals surface area (Å²) in [6.07, 6.45) is 1.88. The van der Waals surface area contributed by atoms with Crippen molar-refractivity contribution >= 4 is 0 Å². The Kier molecular flexibility index (Phi) is 3.15. The van der Waals surface area contributed by atoms with E-state index in [1.54, 1.807) is 0 Å². The van der Waals surface area contributed by atoms with Gasteiger partial charge in [-0.3, -0.25) is 0 Å². The molecule has 0 aliphatic rings. The third-order valence-electron chi connectivity index (χ3n) is 2.11. The van der Waals surface area contributed by atoms with Gasteiger partial charge in [0, 0.05) is 6.20 Å². The van der Waals surface area contributed by atoms with Gasteiger partial charge in [0.25, 0.3) is 0 Å². The summed E-state index contributed by atoms with van der Waals surface area (Å²) in [5, 5.41) is 0. The Bertz CT molecular complexity index is 409. The van der Waals surface area contributed by atoms with Crippen molar-refractivity contribution in [2.45, 2.75) is 20.1 Å². The minimum Gasteiger partial charge on any atom is -0.369 e. The van der Waals surface area contributed by atoms with Gasteiger partial charge in [0.05, 0.1) is 12.3 Å². The predicted molar refractivity (Wildman–Crippen MR) is 58.3 cm³/mol. The fraction of sp³-hybridized carbons (Fsp3) is 0.250. The number of benzene rings is 1. The third kappa shape index (κ3) is 2.92. The predicted octanol–water partition coefficient (Wildman–Crippen LogP) is 2.43. The van der Waals surface area contributed by atoms with Crippen molar-refractivity contribution < 1.29 is 4.74 Å². The summed E-state index contributed by atoms with van der Waals surface area (Å²) < 4.78 is 5.53. The molecule has 0 saturated carbocycles. The quantitative estimate of drug-likeness (QED) is 0.826. The second kappa shape index (κ2) is 4.75. The number of H-pyrrole nitrogens is 1. The van der Waals surface area contributed by atoms with Crippen molar-refractivity contribution in [3.63, 3.8) is 0 Å². The summed E-state index contributed by atoms with van der Waals surface area (Å²) in [7, 11) is 0. The molecule has 0 atom stereocenters. The number of aromatic amines is 1. The number of hydrogen-bond acceptors (Lipinski definition) is 2. The first-order valence-electron chi connectivity index (χ1n) is 4.97. The Hall–Kier alpha value is -1.61. The Morgan fingerprint density at radius 3 is 2.67 bits per heavy atom. The van der Waals surface area contributed by atoms with E-state index in [4.69, 9.17) is 4.74 Å². The summed E-state index contributed by atoms with van der Waals surface area (Å²) in [5.74, 6) is 0.878. The maximum absolute atomic E-state index is 5.53. The molecule has 0 amide bonds. The van der Waals surface area contributed by atoms with Gasteiger partial charge in [-0.05, 0) is 12.5 Å². The Labute approximate surface area is 89.1 Å². The van der Waals surface area contributed by atoms with E-state index in [0.717, 1.165) is 11.5 Å². The van der Waals surface area contributed by atoms with E-state index in [9.17, 15) is 0 Å². The highest BCUT2D eigenvalue weighted by Gasteiger charge is 1.97. The number of nitrogens with one attached hydrogen (secondary N) is 1. The third-order valence-corrected chi connectivity index (χ3v) is 2.11. The van der Waals surface area contributed by atoms with Crippen LogP contribution >= 0.6 is 0 Å². The molecule has 78 valence electrons. The number of rotatable bonds is 4. The van der Waals surface area contributed by atoms with Crippen LogP contribution in [0.3, 0.4) is 0 Å². The molecule has 1 aromatic heterocycles. The molecule has 3 heteroatoms. The SMILES string of the molecule is Cc1c[nH]c(COCc2ccccc2)n1. The van der Waals surface area contributed by atoms with Crippen molar-refractivity contribution in [1.29, 1.82) is 0 Å². The summed E-state index contributed by atoms with van der Waals surface area (Å²) in [6.45, 7) is 3.11. The molecule has 0 fully saturated rings. The fourth-order valence-corrected chi connectivity index (χ4v) is 1.38. The van der Waals surface area contributed by atoms with E-state index >= 15 is 0 Å². The van der Waals surface area contributed by atoms with Gasteiger partial charge in [0.15, 0.2) is 0 Å². The van der Waals surface area contributed by atoms with Crippen LogP contribution in [0.4, 0.5) is 0 Å². The van der Waals surface area contributed by atoms with Crippen LogP contribution in [0.2, 0.25) is 0 Å². The molecule has 0 unspecified atom stereocenters. The average molecular weight is 202 g/mol. The van der Waals surface area contributed by atoms with Crippen LogP contribution in [0, 0.1) is 6.92 Å². The maximum atomic E-state index is 5.53. The number of aryl methyl sites for hydroxylation is 1. The van der Waals surface area contributed by atoms with Crippen LogP contribution < -0.4 is 0 Å². The van der Waals surface area contributed by atoms with Gasteiger partial charge < -0.3 is 9.72 Å². The molecule has 1 heterocycles. The molecule has 0 aliphatic heterocycles. The van der Waals surface area contributed by atoms with Crippen LogP contribution in [0.1, 0.15) is 17.1 Å². The highest BCUT2D eigenvalue weighted by Crippen LogP contribution is 2.03. The van der Waals surface area contributed by atoms with Crippen molar-refractivity contribution in [3.05, 3.63) is 53.6 Å². The number of ether oxygens (including phenoxy) is 1. The number of nitrogens with zero attached hydrogens (tertiary/aromatic N) is 1. The highest BCUT2D eigenvalue weighted by atomic mass is 16.5. The highest BCUT2D eigenvalue weighted by molar-refractivity contribution is 5.13. The summed E-state index contributed by atoms with van der Waals surface area (Å²) in [5.41, 5.74) is 2.18. The maximum Gasteiger partial charge on any atom is 0.132 e. The van der Waals surface area contributed by atoms with Crippen molar-refractivity contribution in [1.82, 2.24) is 9.97 Å². The molecule has 15 heavy (non-hydrogen) atoms. The lowest BCUT2D eigenvalue weighted by atomic mass is 10.2.